The molecule has 0 radical (unpaired) electrons. The zero-order valence-corrected chi connectivity index (χ0v) is 20.5. The van der Waals surface area contributed by atoms with Crippen LogP contribution in [-0.4, -0.2) is 62.2 Å². The van der Waals surface area contributed by atoms with Crippen molar-refractivity contribution in [3.8, 4) is 6.07 Å². The number of nitriles is 1. The van der Waals surface area contributed by atoms with Gasteiger partial charge in [0.2, 0.25) is 0 Å². The minimum atomic E-state index is -1.96. The van der Waals surface area contributed by atoms with E-state index in [1.807, 2.05) is 13.0 Å². The predicted octanol–water partition coefficient (Wildman–Crippen LogP) is 4.08. The molecule has 30 heavy (non-hydrogen) atoms. The summed E-state index contributed by atoms with van der Waals surface area (Å²) in [5.41, 5.74) is 2.93. The molecule has 0 spiro atoms. The fourth-order valence-electron chi connectivity index (χ4n) is 3.89. The molecule has 0 saturated carbocycles. The van der Waals surface area contributed by atoms with Gasteiger partial charge in [-0.1, -0.05) is 38.4 Å². The molecule has 3 atom stereocenters. The highest BCUT2D eigenvalue weighted by Crippen LogP contribution is 2.42. The van der Waals surface area contributed by atoms with E-state index < -0.39 is 8.32 Å². The van der Waals surface area contributed by atoms with Crippen molar-refractivity contribution in [1.29, 1.82) is 5.26 Å². The lowest BCUT2D eigenvalue weighted by molar-refractivity contribution is 0.00521. The largest absolute Gasteiger partial charge is 0.412 e. The minimum absolute atomic E-state index is 0.0185. The summed E-state index contributed by atoms with van der Waals surface area (Å²) in [5, 5.41) is 26.2. The summed E-state index contributed by atoms with van der Waals surface area (Å²) < 4.78 is 12.9. The Labute approximate surface area is 185 Å². The Morgan fingerprint density at radius 1 is 1.37 bits per heavy atom. The van der Waals surface area contributed by atoms with Crippen LogP contribution in [0.4, 0.5) is 0 Å². The van der Waals surface area contributed by atoms with Crippen LogP contribution in [0.1, 0.15) is 43.9 Å². The van der Waals surface area contributed by atoms with E-state index in [1.165, 1.54) is 0 Å². The Kier molecular flexibility index (Phi) is 6.66. The molecular formula is C22H32ClN3O3Si. The van der Waals surface area contributed by atoms with E-state index in [0.717, 1.165) is 29.8 Å². The van der Waals surface area contributed by atoms with E-state index in [9.17, 15) is 10.4 Å². The summed E-state index contributed by atoms with van der Waals surface area (Å²) in [4.78, 5) is 0. The third kappa shape index (κ3) is 4.17. The number of nitrogens with zero attached hydrogens (tertiary/aromatic N) is 3. The van der Waals surface area contributed by atoms with Crippen LogP contribution < -0.4 is 0 Å². The van der Waals surface area contributed by atoms with Gasteiger partial charge in [-0.05, 0) is 43.1 Å². The first-order chi connectivity index (χ1) is 14.0. The number of hydrogen-bond acceptors (Lipinski definition) is 6. The van der Waals surface area contributed by atoms with Gasteiger partial charge in [-0.3, -0.25) is 5.01 Å². The molecule has 1 aromatic carbocycles. The van der Waals surface area contributed by atoms with Gasteiger partial charge in [-0.2, -0.15) is 10.4 Å². The SMILES string of the molecule is Cc1c(C2=NN3CC[C@H](O[Si](C)(C)C(C)(C)C)[C@H]3[C@@H]2OCCO)ccc(C#N)c1Cl. The molecule has 164 valence electrons. The van der Waals surface area contributed by atoms with Crippen LogP contribution >= 0.6 is 11.6 Å². The number of fused-ring (bicyclic) bond motifs is 1. The van der Waals surface area contributed by atoms with Crippen LogP contribution in [0.15, 0.2) is 17.2 Å². The van der Waals surface area contributed by atoms with Gasteiger partial charge in [0.15, 0.2) is 8.32 Å². The van der Waals surface area contributed by atoms with E-state index in [1.54, 1.807) is 6.07 Å². The average molecular weight is 450 g/mol. The number of aliphatic hydroxyl groups excluding tert-OH is 1. The fraction of sp³-hybridized carbons (Fsp3) is 0.636. The standard InChI is InChI=1S/C22H32ClN3O3Si/c1-14-16(8-7-15(13-24)18(14)23)19-21(28-12-11-27)20-17(9-10-26(20)25-19)29-30(5,6)22(2,3)4/h7-8,17,20-21,27H,9-12H2,1-6H3/t17-,20-,21+/m0/s1. The van der Waals surface area contributed by atoms with Crippen molar-refractivity contribution < 1.29 is 14.3 Å². The van der Waals surface area contributed by atoms with Gasteiger partial charge in [0, 0.05) is 12.1 Å². The van der Waals surface area contributed by atoms with E-state index in [4.69, 9.17) is 25.9 Å². The maximum atomic E-state index is 9.39. The second-order valence-electron chi connectivity index (χ2n) is 9.57. The van der Waals surface area contributed by atoms with Crippen LogP contribution in [0.2, 0.25) is 23.2 Å². The molecule has 0 amide bonds. The van der Waals surface area contributed by atoms with Crippen molar-refractivity contribution in [2.24, 2.45) is 5.10 Å². The third-order valence-corrected chi connectivity index (χ3v) is 11.6. The van der Waals surface area contributed by atoms with E-state index in [-0.39, 0.29) is 36.5 Å². The van der Waals surface area contributed by atoms with Gasteiger partial charge >= 0.3 is 0 Å². The number of benzene rings is 1. The van der Waals surface area contributed by atoms with Gasteiger partial charge in [-0.25, -0.2) is 0 Å². The molecule has 1 saturated heterocycles. The van der Waals surface area contributed by atoms with Crippen molar-refractivity contribution in [3.63, 3.8) is 0 Å². The number of hydrazone groups is 1. The molecule has 2 heterocycles. The van der Waals surface area contributed by atoms with Crippen molar-refractivity contribution in [1.82, 2.24) is 5.01 Å². The number of halogens is 1. The maximum Gasteiger partial charge on any atom is 0.192 e. The van der Waals surface area contributed by atoms with Crippen LogP contribution in [0.25, 0.3) is 0 Å². The summed E-state index contributed by atoms with van der Waals surface area (Å²) in [6.07, 6.45) is 0.599. The average Bonchev–Trinajstić information content (AvgIpc) is 3.21. The first kappa shape index (κ1) is 23.2. The Balaban J connectivity index is 1.95. The van der Waals surface area contributed by atoms with E-state index in [2.05, 4.69) is 44.9 Å². The number of ether oxygens (including phenoxy) is 1. The van der Waals surface area contributed by atoms with Crippen LogP contribution in [0.5, 0.6) is 0 Å². The quantitative estimate of drug-likeness (QED) is 0.662. The first-order valence-electron chi connectivity index (χ1n) is 10.5. The summed E-state index contributed by atoms with van der Waals surface area (Å²) in [6, 6.07) is 5.71. The lowest BCUT2D eigenvalue weighted by Crippen LogP contribution is -2.50. The zero-order valence-electron chi connectivity index (χ0n) is 18.7. The Morgan fingerprint density at radius 2 is 2.07 bits per heavy atom. The summed E-state index contributed by atoms with van der Waals surface area (Å²) >= 11 is 6.42. The van der Waals surface area contributed by atoms with Crippen LogP contribution in [0.3, 0.4) is 0 Å². The van der Waals surface area contributed by atoms with Crippen molar-refractivity contribution >= 4 is 25.6 Å². The zero-order chi connectivity index (χ0) is 22.3. The molecule has 6 nitrogen and oxygen atoms in total. The summed E-state index contributed by atoms with van der Waals surface area (Å²) in [6.45, 7) is 14.1. The molecule has 2 aliphatic rings. The molecule has 8 heteroatoms. The first-order valence-corrected chi connectivity index (χ1v) is 13.8. The number of hydrogen-bond donors (Lipinski definition) is 1. The molecule has 0 unspecified atom stereocenters. The highest BCUT2D eigenvalue weighted by Gasteiger charge is 2.51. The lowest BCUT2D eigenvalue weighted by Gasteiger charge is -2.40. The van der Waals surface area contributed by atoms with Crippen LogP contribution in [0, 0.1) is 18.3 Å². The second kappa shape index (κ2) is 8.60. The van der Waals surface area contributed by atoms with Gasteiger partial charge in [-0.15, -0.1) is 0 Å². The van der Waals surface area contributed by atoms with Crippen LogP contribution in [-0.2, 0) is 9.16 Å². The molecule has 0 aromatic heterocycles. The minimum Gasteiger partial charge on any atom is -0.412 e. The van der Waals surface area contributed by atoms with Gasteiger partial charge in [0.25, 0.3) is 0 Å². The molecule has 3 rings (SSSR count). The van der Waals surface area contributed by atoms with Gasteiger partial charge < -0.3 is 14.3 Å². The third-order valence-electron chi connectivity index (χ3n) is 6.61. The molecule has 2 aliphatic heterocycles. The molecule has 1 N–H and O–H groups in total. The molecule has 1 aromatic rings. The van der Waals surface area contributed by atoms with Crippen molar-refractivity contribution in [3.05, 3.63) is 33.8 Å². The molecular weight excluding hydrogens is 418 g/mol. The lowest BCUT2D eigenvalue weighted by atomic mass is 9.94. The monoisotopic (exact) mass is 449 g/mol. The van der Waals surface area contributed by atoms with Crippen molar-refractivity contribution in [2.45, 2.75) is 70.5 Å². The summed E-state index contributed by atoms with van der Waals surface area (Å²) in [5.74, 6) is 0. The number of aliphatic hydroxyl groups is 1. The Bertz CT molecular complexity index is 876. The molecule has 1 fully saturated rings. The van der Waals surface area contributed by atoms with E-state index in [0.29, 0.717) is 10.6 Å². The second-order valence-corrected chi connectivity index (χ2v) is 14.7. The van der Waals surface area contributed by atoms with Crippen molar-refractivity contribution in [2.75, 3.05) is 19.8 Å². The summed E-state index contributed by atoms with van der Waals surface area (Å²) in [7, 11) is -1.96. The number of rotatable bonds is 6. The normalized spacial score (nSPS) is 24.0. The van der Waals surface area contributed by atoms with Gasteiger partial charge in [0.05, 0.1) is 35.6 Å². The fourth-order valence-corrected chi connectivity index (χ4v) is 5.47. The highest BCUT2D eigenvalue weighted by molar-refractivity contribution is 6.74. The predicted molar refractivity (Wildman–Crippen MR) is 121 cm³/mol. The Hall–Kier alpha value is -1.43. The van der Waals surface area contributed by atoms with E-state index >= 15 is 0 Å². The van der Waals surface area contributed by atoms with Gasteiger partial charge in [0.1, 0.15) is 18.2 Å². The Morgan fingerprint density at radius 3 is 2.67 bits per heavy atom. The topological polar surface area (TPSA) is 78.1 Å². The molecule has 0 bridgehead atoms. The smallest absolute Gasteiger partial charge is 0.192 e. The highest BCUT2D eigenvalue weighted by atomic mass is 35.5. The molecule has 0 aliphatic carbocycles. The maximum absolute atomic E-state index is 9.39.